The standard InChI is InChI=1S/C34H41ClF3N5O5/c1-39-29-25(34(36,37)38)18-21(19-26(29)35)20-28(30(44)42-14-8-23(9-15-42)22-6-12-40-13-7-22)47-32(46)43-16-10-33(11-17-43)24-4-2-3-5-27(24)41-31(45)48-33/h2-5,18-19,22-23,28,39-40H,6-17,20H2,1H3,(H,41,45)/t28-/m1/s1. The van der Waals surface area contributed by atoms with E-state index in [-0.39, 0.29) is 35.8 Å². The molecule has 260 valence electrons. The van der Waals surface area contributed by atoms with Gasteiger partial charge in [0.05, 0.1) is 22.0 Å². The summed E-state index contributed by atoms with van der Waals surface area (Å²) in [4.78, 5) is 43.1. The SMILES string of the molecule is CNc1c(Cl)cc(C[C@@H](OC(=O)N2CCC3(CC2)OC(=O)Nc2ccccc23)C(=O)N2CCC(C3CCNCC3)CC2)cc1C(F)(F)F. The zero-order valence-electron chi connectivity index (χ0n) is 26.8. The molecule has 1 spiro atoms. The largest absolute Gasteiger partial charge is 0.438 e. The summed E-state index contributed by atoms with van der Waals surface area (Å²) in [6.45, 7) is 3.31. The van der Waals surface area contributed by atoms with Crippen molar-refractivity contribution in [2.75, 3.05) is 56.9 Å². The van der Waals surface area contributed by atoms with E-state index in [0.717, 1.165) is 50.4 Å². The second-order valence-corrected chi connectivity index (χ2v) is 13.5. The van der Waals surface area contributed by atoms with E-state index in [0.29, 0.717) is 43.5 Å². The van der Waals surface area contributed by atoms with Crippen LogP contribution >= 0.6 is 11.6 Å². The summed E-state index contributed by atoms with van der Waals surface area (Å²) >= 11 is 6.27. The van der Waals surface area contributed by atoms with Gasteiger partial charge in [-0.25, -0.2) is 9.59 Å². The van der Waals surface area contributed by atoms with E-state index in [9.17, 15) is 27.6 Å². The molecule has 0 aromatic heterocycles. The molecule has 4 aliphatic heterocycles. The number of alkyl halides is 3. The van der Waals surface area contributed by atoms with Crippen LogP contribution in [-0.2, 0) is 32.5 Å². The fourth-order valence-electron chi connectivity index (χ4n) is 7.74. The Labute approximate surface area is 282 Å². The highest BCUT2D eigenvalue weighted by atomic mass is 35.5. The molecule has 1 atom stereocenters. The molecule has 4 heterocycles. The molecule has 0 aliphatic carbocycles. The highest BCUT2D eigenvalue weighted by Crippen LogP contribution is 2.44. The molecular weight excluding hydrogens is 651 g/mol. The number of carbonyl (C=O) groups excluding carboxylic acids is 3. The molecule has 0 saturated carbocycles. The van der Waals surface area contributed by atoms with Gasteiger partial charge in [0.25, 0.3) is 5.91 Å². The Hall–Kier alpha value is -3.71. The number of carbonyl (C=O) groups is 3. The number of piperidine rings is 3. The fourth-order valence-corrected chi connectivity index (χ4v) is 8.07. The molecular formula is C34H41ClF3N5O5. The first kappa shape index (κ1) is 34.2. The first-order chi connectivity index (χ1) is 23.0. The van der Waals surface area contributed by atoms with Crippen LogP contribution in [0.3, 0.4) is 0 Å². The van der Waals surface area contributed by atoms with Crippen LogP contribution in [0.4, 0.5) is 34.1 Å². The van der Waals surface area contributed by atoms with E-state index in [2.05, 4.69) is 16.0 Å². The van der Waals surface area contributed by atoms with Crippen LogP contribution in [-0.4, -0.2) is 80.3 Å². The van der Waals surface area contributed by atoms with Crippen molar-refractivity contribution in [3.05, 3.63) is 58.1 Å². The van der Waals surface area contributed by atoms with Gasteiger partial charge in [0, 0.05) is 58.1 Å². The molecule has 3 N–H and O–H groups in total. The summed E-state index contributed by atoms with van der Waals surface area (Å²) in [5, 5.41) is 8.45. The third-order valence-electron chi connectivity index (χ3n) is 10.3. The molecule has 3 amide bonds. The van der Waals surface area contributed by atoms with Crippen LogP contribution in [0.5, 0.6) is 0 Å². The fraction of sp³-hybridized carbons (Fsp3) is 0.559. The van der Waals surface area contributed by atoms with Gasteiger partial charge in [0.2, 0.25) is 0 Å². The number of nitrogens with one attached hydrogen (secondary N) is 3. The second-order valence-electron chi connectivity index (χ2n) is 13.1. The number of fused-ring (bicyclic) bond motifs is 2. The highest BCUT2D eigenvalue weighted by molar-refractivity contribution is 6.33. The van der Waals surface area contributed by atoms with Gasteiger partial charge in [-0.15, -0.1) is 0 Å². The number of ether oxygens (including phenoxy) is 2. The van der Waals surface area contributed by atoms with Gasteiger partial charge in [-0.2, -0.15) is 13.2 Å². The normalized spacial score (nSPS) is 20.8. The highest BCUT2D eigenvalue weighted by Gasteiger charge is 2.46. The predicted octanol–water partition coefficient (Wildman–Crippen LogP) is 6.24. The van der Waals surface area contributed by atoms with Crippen LogP contribution < -0.4 is 16.0 Å². The number of rotatable bonds is 6. The first-order valence-electron chi connectivity index (χ1n) is 16.6. The number of anilines is 2. The smallest absolute Gasteiger partial charge is 0.418 e. The van der Waals surface area contributed by atoms with Crippen LogP contribution in [0.25, 0.3) is 0 Å². The van der Waals surface area contributed by atoms with E-state index in [1.165, 1.54) is 18.0 Å². The summed E-state index contributed by atoms with van der Waals surface area (Å²) in [5.74, 6) is 0.651. The predicted molar refractivity (Wildman–Crippen MR) is 174 cm³/mol. The Morgan fingerprint density at radius 2 is 1.71 bits per heavy atom. The zero-order valence-corrected chi connectivity index (χ0v) is 27.6. The maximum absolute atomic E-state index is 14.0. The zero-order chi connectivity index (χ0) is 34.1. The Bertz CT molecular complexity index is 1520. The van der Waals surface area contributed by atoms with Crippen molar-refractivity contribution in [2.45, 2.75) is 62.8 Å². The average Bonchev–Trinajstić information content (AvgIpc) is 3.07. The molecule has 2 aromatic carbocycles. The molecule has 2 aromatic rings. The second kappa shape index (κ2) is 14.0. The third kappa shape index (κ3) is 7.17. The van der Waals surface area contributed by atoms with E-state index < -0.39 is 41.5 Å². The number of nitrogens with zero attached hydrogens (tertiary/aromatic N) is 2. The van der Waals surface area contributed by atoms with Gasteiger partial charge < -0.3 is 29.9 Å². The lowest BCUT2D eigenvalue weighted by molar-refractivity contribution is -0.143. The van der Waals surface area contributed by atoms with Crippen molar-refractivity contribution in [1.82, 2.24) is 15.1 Å². The number of para-hydroxylation sites is 1. The van der Waals surface area contributed by atoms with Gasteiger partial charge in [-0.1, -0.05) is 29.8 Å². The van der Waals surface area contributed by atoms with E-state index in [4.69, 9.17) is 21.1 Å². The number of benzene rings is 2. The minimum absolute atomic E-state index is 0.123. The van der Waals surface area contributed by atoms with Crippen molar-refractivity contribution in [1.29, 1.82) is 0 Å². The van der Waals surface area contributed by atoms with Crippen molar-refractivity contribution in [3.8, 4) is 0 Å². The van der Waals surface area contributed by atoms with Crippen LogP contribution in [0, 0.1) is 11.8 Å². The summed E-state index contributed by atoms with van der Waals surface area (Å²) in [5.41, 5.74) is -0.552. The molecule has 3 fully saturated rings. The van der Waals surface area contributed by atoms with Crippen LogP contribution in [0.1, 0.15) is 55.2 Å². The number of amides is 3. The topological polar surface area (TPSA) is 112 Å². The van der Waals surface area contributed by atoms with Crippen LogP contribution in [0.2, 0.25) is 5.02 Å². The number of halogens is 4. The van der Waals surface area contributed by atoms with Crippen molar-refractivity contribution in [3.63, 3.8) is 0 Å². The Kier molecular flexibility index (Phi) is 9.98. The van der Waals surface area contributed by atoms with Gasteiger partial charge in [0.1, 0.15) is 5.60 Å². The monoisotopic (exact) mass is 691 g/mol. The number of likely N-dealkylation sites (tertiary alicyclic amines) is 2. The molecule has 14 heteroatoms. The van der Waals surface area contributed by atoms with Crippen molar-refractivity contribution in [2.24, 2.45) is 11.8 Å². The van der Waals surface area contributed by atoms with Crippen molar-refractivity contribution < 1.29 is 37.0 Å². The first-order valence-corrected chi connectivity index (χ1v) is 17.0. The lowest BCUT2D eigenvalue weighted by Crippen LogP contribution is -2.52. The third-order valence-corrected chi connectivity index (χ3v) is 10.6. The molecule has 0 unspecified atom stereocenters. The minimum Gasteiger partial charge on any atom is -0.438 e. The molecule has 0 bridgehead atoms. The molecule has 4 aliphatic rings. The lowest BCUT2D eigenvalue weighted by Gasteiger charge is -2.44. The molecule has 0 radical (unpaired) electrons. The van der Waals surface area contributed by atoms with Gasteiger partial charge in [-0.05, 0) is 74.4 Å². The quantitative estimate of drug-likeness (QED) is 0.329. The van der Waals surface area contributed by atoms with Crippen molar-refractivity contribution >= 4 is 41.1 Å². The maximum Gasteiger partial charge on any atom is 0.418 e. The summed E-state index contributed by atoms with van der Waals surface area (Å²) in [6, 6.07) is 9.66. The number of hydrogen-bond acceptors (Lipinski definition) is 7. The summed E-state index contributed by atoms with van der Waals surface area (Å²) in [6.07, 6.45) is -3.20. The van der Waals surface area contributed by atoms with E-state index >= 15 is 0 Å². The molecule has 10 nitrogen and oxygen atoms in total. The van der Waals surface area contributed by atoms with Gasteiger partial charge in [-0.3, -0.25) is 10.1 Å². The number of hydrogen-bond donors (Lipinski definition) is 3. The Morgan fingerprint density at radius 1 is 1.04 bits per heavy atom. The Morgan fingerprint density at radius 3 is 2.38 bits per heavy atom. The summed E-state index contributed by atoms with van der Waals surface area (Å²) < 4.78 is 53.6. The summed E-state index contributed by atoms with van der Waals surface area (Å²) in [7, 11) is 1.35. The van der Waals surface area contributed by atoms with Gasteiger partial charge in [0.15, 0.2) is 6.10 Å². The molecule has 6 rings (SSSR count). The average molecular weight is 692 g/mol. The van der Waals surface area contributed by atoms with Crippen LogP contribution in [0.15, 0.2) is 36.4 Å². The Balaban J connectivity index is 1.19. The van der Waals surface area contributed by atoms with E-state index in [1.807, 2.05) is 18.2 Å². The van der Waals surface area contributed by atoms with E-state index in [1.54, 1.807) is 11.0 Å². The molecule has 48 heavy (non-hydrogen) atoms. The molecule has 3 saturated heterocycles. The maximum atomic E-state index is 14.0. The lowest BCUT2D eigenvalue weighted by atomic mass is 9.79. The van der Waals surface area contributed by atoms with Gasteiger partial charge >= 0.3 is 18.4 Å². The minimum atomic E-state index is -4.70.